The summed E-state index contributed by atoms with van der Waals surface area (Å²) in [7, 11) is 0. The van der Waals surface area contributed by atoms with Crippen molar-refractivity contribution in [1.82, 2.24) is 10.2 Å². The highest BCUT2D eigenvalue weighted by Gasteiger charge is 2.37. The molecular formula is C18H36N2O. The molecule has 0 spiro atoms. The van der Waals surface area contributed by atoms with Gasteiger partial charge < -0.3 is 10.4 Å². The Hall–Kier alpha value is -0.120. The third kappa shape index (κ3) is 4.94. The first-order valence-electron chi connectivity index (χ1n) is 9.25. The molecule has 2 rings (SSSR count). The summed E-state index contributed by atoms with van der Waals surface area (Å²) in [6.45, 7) is 9.58. The molecule has 0 aromatic carbocycles. The minimum absolute atomic E-state index is 0.340. The van der Waals surface area contributed by atoms with Gasteiger partial charge >= 0.3 is 0 Å². The molecule has 0 amide bonds. The van der Waals surface area contributed by atoms with Crippen molar-refractivity contribution < 1.29 is 5.11 Å². The average Bonchev–Trinajstić information content (AvgIpc) is 2.70. The van der Waals surface area contributed by atoms with Gasteiger partial charge in [-0.3, -0.25) is 4.90 Å². The number of hydrogen-bond donors (Lipinski definition) is 2. The molecule has 0 aromatic heterocycles. The van der Waals surface area contributed by atoms with Crippen molar-refractivity contribution >= 4 is 0 Å². The summed E-state index contributed by atoms with van der Waals surface area (Å²) >= 11 is 0. The van der Waals surface area contributed by atoms with Gasteiger partial charge in [0.25, 0.3) is 0 Å². The summed E-state index contributed by atoms with van der Waals surface area (Å²) in [6, 6.07) is 0.406. The number of rotatable bonds is 6. The van der Waals surface area contributed by atoms with Gasteiger partial charge in [0.2, 0.25) is 0 Å². The Morgan fingerprint density at radius 3 is 2.76 bits per heavy atom. The van der Waals surface area contributed by atoms with Crippen molar-refractivity contribution in [3.8, 4) is 0 Å². The van der Waals surface area contributed by atoms with Crippen LogP contribution in [0, 0.1) is 11.3 Å². The SMILES string of the molecule is CCNCC1(CN2CCCCCC2CO)CCCC(C)C1. The second kappa shape index (κ2) is 8.50. The van der Waals surface area contributed by atoms with Crippen LogP contribution in [0.25, 0.3) is 0 Å². The minimum Gasteiger partial charge on any atom is -0.395 e. The van der Waals surface area contributed by atoms with E-state index in [0.29, 0.717) is 18.1 Å². The number of hydrogen-bond acceptors (Lipinski definition) is 3. The molecule has 124 valence electrons. The van der Waals surface area contributed by atoms with Crippen LogP contribution < -0.4 is 5.32 Å². The third-order valence-electron chi connectivity index (χ3n) is 5.68. The first kappa shape index (κ1) is 17.2. The van der Waals surface area contributed by atoms with Crippen molar-refractivity contribution in [1.29, 1.82) is 0 Å². The van der Waals surface area contributed by atoms with E-state index in [1.54, 1.807) is 0 Å². The standard InChI is InChI=1S/C18H36N2O/c1-3-19-14-18(10-7-8-16(2)12-18)15-20-11-6-4-5-9-17(20)13-21/h16-17,19,21H,3-15H2,1-2H3. The Kier molecular flexibility index (Phi) is 6.97. The lowest BCUT2D eigenvalue weighted by molar-refractivity contribution is 0.0406. The Morgan fingerprint density at radius 1 is 1.19 bits per heavy atom. The maximum Gasteiger partial charge on any atom is 0.0586 e. The first-order chi connectivity index (χ1) is 10.2. The molecule has 1 aliphatic heterocycles. The highest BCUT2D eigenvalue weighted by atomic mass is 16.3. The molecule has 21 heavy (non-hydrogen) atoms. The van der Waals surface area contributed by atoms with Gasteiger partial charge in [-0.2, -0.15) is 0 Å². The monoisotopic (exact) mass is 296 g/mol. The molecule has 2 aliphatic rings. The summed E-state index contributed by atoms with van der Waals surface area (Å²) in [5.41, 5.74) is 0.436. The van der Waals surface area contributed by atoms with Gasteiger partial charge in [-0.05, 0) is 50.1 Å². The zero-order chi connectivity index (χ0) is 15.1. The number of likely N-dealkylation sites (tertiary alicyclic amines) is 1. The Balaban J connectivity index is 2.04. The predicted octanol–water partition coefficient (Wildman–Crippen LogP) is 3.03. The number of nitrogens with one attached hydrogen (secondary N) is 1. The van der Waals surface area contributed by atoms with Crippen molar-refractivity contribution in [2.24, 2.45) is 11.3 Å². The van der Waals surface area contributed by atoms with Crippen LogP contribution in [0.1, 0.15) is 65.2 Å². The van der Waals surface area contributed by atoms with E-state index >= 15 is 0 Å². The second-order valence-electron chi connectivity index (χ2n) is 7.64. The Bertz CT molecular complexity index is 297. The highest BCUT2D eigenvalue weighted by Crippen LogP contribution is 2.40. The minimum atomic E-state index is 0.340. The fourth-order valence-corrected chi connectivity index (χ4v) is 4.60. The van der Waals surface area contributed by atoms with E-state index < -0.39 is 0 Å². The normalized spacial score (nSPS) is 35.6. The molecule has 1 saturated heterocycles. The summed E-state index contributed by atoms with van der Waals surface area (Å²) in [5, 5.41) is 13.4. The van der Waals surface area contributed by atoms with Gasteiger partial charge in [0.15, 0.2) is 0 Å². The summed E-state index contributed by atoms with van der Waals surface area (Å²) in [5.74, 6) is 0.858. The molecule has 0 aromatic rings. The maximum atomic E-state index is 9.77. The molecule has 0 bridgehead atoms. The molecule has 2 N–H and O–H groups in total. The van der Waals surface area contributed by atoms with Crippen molar-refractivity contribution in [3.63, 3.8) is 0 Å². The quantitative estimate of drug-likeness (QED) is 0.791. The fourth-order valence-electron chi connectivity index (χ4n) is 4.60. The molecule has 3 unspecified atom stereocenters. The van der Waals surface area contributed by atoms with Crippen LogP contribution in [0.5, 0.6) is 0 Å². The molecule has 1 heterocycles. The molecule has 1 aliphatic carbocycles. The van der Waals surface area contributed by atoms with Gasteiger partial charge in [0, 0.05) is 19.1 Å². The van der Waals surface area contributed by atoms with E-state index in [2.05, 4.69) is 24.1 Å². The molecule has 3 atom stereocenters. The molecular weight excluding hydrogens is 260 g/mol. The molecule has 3 heteroatoms. The van der Waals surface area contributed by atoms with Crippen molar-refractivity contribution in [3.05, 3.63) is 0 Å². The highest BCUT2D eigenvalue weighted by molar-refractivity contribution is 4.91. The van der Waals surface area contributed by atoms with E-state index in [1.807, 2.05) is 0 Å². The summed E-state index contributed by atoms with van der Waals surface area (Å²) in [4.78, 5) is 2.63. The van der Waals surface area contributed by atoms with Crippen molar-refractivity contribution in [2.75, 3.05) is 32.8 Å². The first-order valence-corrected chi connectivity index (χ1v) is 9.25. The molecule has 3 nitrogen and oxygen atoms in total. The second-order valence-corrected chi connectivity index (χ2v) is 7.64. The lowest BCUT2D eigenvalue weighted by Crippen LogP contribution is -2.50. The van der Waals surface area contributed by atoms with Gasteiger partial charge in [-0.1, -0.05) is 39.5 Å². The largest absolute Gasteiger partial charge is 0.395 e. The predicted molar refractivity (Wildman–Crippen MR) is 89.5 cm³/mol. The van der Waals surface area contributed by atoms with Crippen LogP contribution >= 0.6 is 0 Å². The summed E-state index contributed by atoms with van der Waals surface area (Å²) in [6.07, 6.45) is 10.6. The van der Waals surface area contributed by atoms with Crippen LogP contribution in [0.2, 0.25) is 0 Å². The van der Waals surface area contributed by atoms with E-state index in [9.17, 15) is 5.11 Å². The molecule has 0 radical (unpaired) electrons. The van der Waals surface area contributed by atoms with Gasteiger partial charge in [0.05, 0.1) is 6.61 Å². The molecule has 2 fully saturated rings. The van der Waals surface area contributed by atoms with Crippen molar-refractivity contribution in [2.45, 2.75) is 71.3 Å². The zero-order valence-electron chi connectivity index (χ0n) is 14.2. The van der Waals surface area contributed by atoms with Gasteiger partial charge in [0.1, 0.15) is 0 Å². The maximum absolute atomic E-state index is 9.77. The number of aliphatic hydroxyl groups is 1. The van der Waals surface area contributed by atoms with Crippen LogP contribution in [0.4, 0.5) is 0 Å². The Labute approximate surface area is 131 Å². The van der Waals surface area contributed by atoms with Crippen LogP contribution in [-0.2, 0) is 0 Å². The topological polar surface area (TPSA) is 35.5 Å². The van der Waals surface area contributed by atoms with E-state index in [1.165, 1.54) is 64.5 Å². The third-order valence-corrected chi connectivity index (χ3v) is 5.68. The van der Waals surface area contributed by atoms with E-state index in [4.69, 9.17) is 0 Å². The number of aliphatic hydroxyl groups excluding tert-OH is 1. The van der Waals surface area contributed by atoms with Gasteiger partial charge in [-0.15, -0.1) is 0 Å². The zero-order valence-corrected chi connectivity index (χ0v) is 14.2. The van der Waals surface area contributed by atoms with E-state index in [-0.39, 0.29) is 0 Å². The Morgan fingerprint density at radius 2 is 2.05 bits per heavy atom. The van der Waals surface area contributed by atoms with Crippen LogP contribution in [-0.4, -0.2) is 48.8 Å². The fraction of sp³-hybridized carbons (Fsp3) is 1.00. The lowest BCUT2D eigenvalue weighted by Gasteiger charge is -2.45. The number of nitrogens with zero attached hydrogens (tertiary/aromatic N) is 1. The van der Waals surface area contributed by atoms with Gasteiger partial charge in [-0.25, -0.2) is 0 Å². The average molecular weight is 296 g/mol. The van der Waals surface area contributed by atoms with Crippen LogP contribution in [0.15, 0.2) is 0 Å². The van der Waals surface area contributed by atoms with E-state index in [0.717, 1.165) is 19.0 Å². The smallest absolute Gasteiger partial charge is 0.0586 e. The summed E-state index contributed by atoms with van der Waals surface area (Å²) < 4.78 is 0. The van der Waals surface area contributed by atoms with Crippen LogP contribution in [0.3, 0.4) is 0 Å². The molecule has 1 saturated carbocycles. The lowest BCUT2D eigenvalue weighted by atomic mass is 9.69.